The predicted octanol–water partition coefficient (Wildman–Crippen LogP) is 6.56. The smallest absolute Gasteiger partial charge is 0.0472 e. The molecule has 3 aromatic carbocycles. The Labute approximate surface area is 146 Å². The summed E-state index contributed by atoms with van der Waals surface area (Å²) in [7, 11) is 0. The molecule has 0 saturated carbocycles. The number of fused-ring (bicyclic) bond motifs is 6. The summed E-state index contributed by atoms with van der Waals surface area (Å²) in [5.74, 6) is 0. The molecular weight excluding hydrogens is 304 g/mol. The topological polar surface area (TPSA) is 31.6 Å². The lowest BCUT2D eigenvalue weighted by Gasteiger charge is -2.18. The summed E-state index contributed by atoms with van der Waals surface area (Å²) < 4.78 is 0. The Kier molecular flexibility index (Phi) is 2.72. The first kappa shape index (κ1) is 14.6. The third-order valence-electron chi connectivity index (χ3n) is 5.34. The third kappa shape index (κ3) is 2.10. The van der Waals surface area contributed by atoms with Gasteiger partial charge in [0.2, 0.25) is 0 Å². The number of nitrogens with one attached hydrogen (secondary N) is 2. The van der Waals surface area contributed by atoms with Gasteiger partial charge < -0.3 is 9.97 Å². The molecule has 0 bridgehead atoms. The molecule has 0 aliphatic rings. The molecule has 5 aromatic rings. The van der Waals surface area contributed by atoms with Gasteiger partial charge >= 0.3 is 0 Å². The number of hydrogen-bond donors (Lipinski definition) is 2. The second kappa shape index (κ2) is 4.66. The Bertz CT molecular complexity index is 1280. The van der Waals surface area contributed by atoms with Crippen molar-refractivity contribution in [3.05, 3.63) is 59.7 Å². The Morgan fingerprint density at radius 1 is 0.600 bits per heavy atom. The number of aryl methyl sites for hydroxylation is 1. The van der Waals surface area contributed by atoms with Gasteiger partial charge in [0.15, 0.2) is 0 Å². The van der Waals surface area contributed by atoms with Crippen LogP contribution in [0.5, 0.6) is 0 Å². The van der Waals surface area contributed by atoms with Crippen molar-refractivity contribution in [1.29, 1.82) is 0 Å². The van der Waals surface area contributed by atoms with Crippen LogP contribution in [0, 0.1) is 6.92 Å². The van der Waals surface area contributed by atoms with Crippen molar-refractivity contribution in [2.45, 2.75) is 33.1 Å². The Morgan fingerprint density at radius 3 is 1.72 bits per heavy atom. The van der Waals surface area contributed by atoms with E-state index in [1.54, 1.807) is 0 Å². The largest absolute Gasteiger partial charge is 0.354 e. The molecule has 2 heteroatoms. The lowest BCUT2D eigenvalue weighted by molar-refractivity contribution is 0.591. The monoisotopic (exact) mass is 326 g/mol. The van der Waals surface area contributed by atoms with Gasteiger partial charge in [0.25, 0.3) is 0 Å². The van der Waals surface area contributed by atoms with Crippen LogP contribution in [0.4, 0.5) is 0 Å². The molecule has 2 nitrogen and oxygen atoms in total. The Hall–Kier alpha value is -2.74. The zero-order valence-electron chi connectivity index (χ0n) is 15.1. The van der Waals surface area contributed by atoms with Crippen molar-refractivity contribution in [1.82, 2.24) is 9.97 Å². The number of H-pyrrole nitrogens is 2. The number of aromatic amines is 2. The molecule has 0 saturated heterocycles. The fourth-order valence-corrected chi connectivity index (χ4v) is 3.89. The highest BCUT2D eigenvalue weighted by molar-refractivity contribution is 6.17. The van der Waals surface area contributed by atoms with Crippen LogP contribution in [0.15, 0.2) is 48.5 Å². The van der Waals surface area contributed by atoms with Gasteiger partial charge in [-0.2, -0.15) is 0 Å². The fraction of sp³-hybridized carbons (Fsp3) is 0.217. The van der Waals surface area contributed by atoms with Gasteiger partial charge in [0.1, 0.15) is 0 Å². The average Bonchev–Trinajstić information content (AvgIpc) is 3.07. The van der Waals surface area contributed by atoms with E-state index in [0.717, 1.165) is 0 Å². The van der Waals surface area contributed by atoms with Crippen LogP contribution in [0.2, 0.25) is 0 Å². The van der Waals surface area contributed by atoms with Crippen molar-refractivity contribution < 1.29 is 0 Å². The van der Waals surface area contributed by atoms with Crippen LogP contribution in [-0.4, -0.2) is 9.97 Å². The number of aromatic nitrogens is 2. The van der Waals surface area contributed by atoms with Gasteiger partial charge in [-0.25, -0.2) is 0 Å². The van der Waals surface area contributed by atoms with E-state index in [0.29, 0.717) is 0 Å². The summed E-state index contributed by atoms with van der Waals surface area (Å²) in [6.45, 7) is 8.91. The molecule has 0 unspecified atom stereocenters. The normalized spacial score (nSPS) is 12.8. The molecule has 0 atom stereocenters. The van der Waals surface area contributed by atoms with Crippen molar-refractivity contribution in [2.75, 3.05) is 0 Å². The maximum atomic E-state index is 3.63. The molecule has 0 aliphatic carbocycles. The van der Waals surface area contributed by atoms with Gasteiger partial charge in [0.05, 0.1) is 0 Å². The van der Waals surface area contributed by atoms with E-state index < -0.39 is 0 Å². The summed E-state index contributed by atoms with van der Waals surface area (Å²) in [4.78, 5) is 7.22. The highest BCUT2D eigenvalue weighted by atomic mass is 14.7. The van der Waals surface area contributed by atoms with E-state index in [2.05, 4.69) is 86.2 Å². The number of rotatable bonds is 0. The second-order valence-electron chi connectivity index (χ2n) is 8.25. The minimum Gasteiger partial charge on any atom is -0.354 e. The van der Waals surface area contributed by atoms with Gasteiger partial charge in [-0.3, -0.25) is 0 Å². The minimum absolute atomic E-state index is 0.158. The van der Waals surface area contributed by atoms with E-state index in [1.165, 1.54) is 54.7 Å². The maximum absolute atomic E-state index is 3.63. The fourth-order valence-electron chi connectivity index (χ4n) is 3.89. The lowest BCUT2D eigenvalue weighted by Crippen LogP contribution is -2.10. The molecule has 0 radical (unpaired) electrons. The molecule has 0 aliphatic heterocycles. The average molecular weight is 326 g/mol. The van der Waals surface area contributed by atoms with Gasteiger partial charge in [-0.1, -0.05) is 45.0 Å². The van der Waals surface area contributed by atoms with Crippen molar-refractivity contribution in [2.24, 2.45) is 0 Å². The molecule has 0 spiro atoms. The van der Waals surface area contributed by atoms with Crippen LogP contribution in [0.3, 0.4) is 0 Å². The summed E-state index contributed by atoms with van der Waals surface area (Å²) in [5, 5.41) is 5.15. The zero-order chi connectivity index (χ0) is 17.3. The molecule has 25 heavy (non-hydrogen) atoms. The summed E-state index contributed by atoms with van der Waals surface area (Å²) in [5.41, 5.74) is 7.63. The molecular formula is C23H22N2. The van der Waals surface area contributed by atoms with E-state index in [4.69, 9.17) is 0 Å². The maximum Gasteiger partial charge on any atom is 0.0472 e. The first-order valence-electron chi connectivity index (χ1n) is 8.88. The zero-order valence-corrected chi connectivity index (χ0v) is 15.1. The SMILES string of the molecule is Cc1ccc2c(c1)[nH]c1cc3c(cc12)[nH]c1cc(C(C)(C)C)ccc13. The van der Waals surface area contributed by atoms with Gasteiger partial charge in [-0.05, 0) is 47.7 Å². The van der Waals surface area contributed by atoms with Crippen molar-refractivity contribution in [3.63, 3.8) is 0 Å². The first-order chi connectivity index (χ1) is 11.9. The van der Waals surface area contributed by atoms with Gasteiger partial charge in [0, 0.05) is 43.6 Å². The lowest BCUT2D eigenvalue weighted by atomic mass is 9.86. The molecule has 0 amide bonds. The molecule has 124 valence electrons. The highest BCUT2D eigenvalue weighted by Gasteiger charge is 2.16. The van der Waals surface area contributed by atoms with Crippen molar-refractivity contribution in [3.8, 4) is 0 Å². The summed E-state index contributed by atoms with van der Waals surface area (Å²) >= 11 is 0. The number of hydrogen-bond acceptors (Lipinski definition) is 0. The van der Waals surface area contributed by atoms with Crippen LogP contribution in [0.1, 0.15) is 31.9 Å². The van der Waals surface area contributed by atoms with Crippen LogP contribution in [0.25, 0.3) is 43.6 Å². The summed E-state index contributed by atoms with van der Waals surface area (Å²) in [6.07, 6.45) is 0. The van der Waals surface area contributed by atoms with E-state index in [9.17, 15) is 0 Å². The van der Waals surface area contributed by atoms with E-state index in [1.807, 2.05) is 0 Å². The first-order valence-corrected chi connectivity index (χ1v) is 8.88. The van der Waals surface area contributed by atoms with Crippen LogP contribution < -0.4 is 0 Å². The highest BCUT2D eigenvalue weighted by Crippen LogP contribution is 2.35. The summed E-state index contributed by atoms with van der Waals surface area (Å²) in [6, 6.07) is 18.0. The quantitative estimate of drug-likeness (QED) is 0.323. The molecule has 2 aromatic heterocycles. The predicted molar refractivity (Wildman–Crippen MR) is 109 cm³/mol. The third-order valence-corrected chi connectivity index (χ3v) is 5.34. The van der Waals surface area contributed by atoms with E-state index >= 15 is 0 Å². The van der Waals surface area contributed by atoms with Crippen LogP contribution in [-0.2, 0) is 5.41 Å². The van der Waals surface area contributed by atoms with Crippen LogP contribution >= 0.6 is 0 Å². The van der Waals surface area contributed by atoms with Crippen molar-refractivity contribution >= 4 is 43.6 Å². The second-order valence-corrected chi connectivity index (χ2v) is 8.25. The minimum atomic E-state index is 0.158. The van der Waals surface area contributed by atoms with Gasteiger partial charge in [-0.15, -0.1) is 0 Å². The number of benzene rings is 3. The molecule has 5 rings (SSSR count). The Balaban J connectivity index is 1.85. The van der Waals surface area contributed by atoms with E-state index in [-0.39, 0.29) is 5.41 Å². The Morgan fingerprint density at radius 2 is 1.12 bits per heavy atom. The molecule has 2 heterocycles. The molecule has 0 fully saturated rings. The standard InChI is InChI=1S/C23H22N2/c1-13-5-7-15-17-11-22-18(12-21(17)24-19(15)9-13)16-8-6-14(23(2,3)4)10-20(16)25-22/h5-12,24-25H,1-4H3. The molecule has 2 N–H and O–H groups in total.